The van der Waals surface area contributed by atoms with Gasteiger partial charge in [0.1, 0.15) is 17.8 Å². The second-order valence-electron chi connectivity index (χ2n) is 6.80. The number of carboxylic acids is 1. The lowest BCUT2D eigenvalue weighted by Gasteiger charge is -2.29. The Morgan fingerprint density at radius 2 is 1.82 bits per heavy atom. The minimum atomic E-state index is -4.84. The number of ether oxygens (including phenoxy) is 1. The summed E-state index contributed by atoms with van der Waals surface area (Å²) in [6.45, 7) is 3.70. The molecule has 154 valence electrons. The third-order valence-corrected chi connectivity index (χ3v) is 4.39. The quantitative estimate of drug-likeness (QED) is 0.762. The van der Waals surface area contributed by atoms with Gasteiger partial charge in [-0.3, -0.25) is 9.59 Å². The molecule has 1 heterocycles. The maximum absolute atomic E-state index is 12.8. The molecule has 1 aliphatic heterocycles. The van der Waals surface area contributed by atoms with Crippen LogP contribution in [0, 0.1) is 5.92 Å². The van der Waals surface area contributed by atoms with Crippen LogP contribution in [-0.2, 0) is 9.59 Å². The highest BCUT2D eigenvalue weighted by Gasteiger charge is 2.38. The van der Waals surface area contributed by atoms with E-state index >= 15 is 0 Å². The number of nitrogens with zero attached hydrogens (tertiary/aromatic N) is 1. The van der Waals surface area contributed by atoms with E-state index in [-0.39, 0.29) is 11.5 Å². The molecule has 0 bridgehead atoms. The zero-order chi connectivity index (χ0) is 21.1. The smallest absolute Gasteiger partial charge is 0.480 e. The van der Waals surface area contributed by atoms with Gasteiger partial charge in [-0.25, -0.2) is 4.79 Å². The van der Waals surface area contributed by atoms with Crippen molar-refractivity contribution in [3.63, 3.8) is 0 Å². The van der Waals surface area contributed by atoms with E-state index in [2.05, 4.69) is 10.1 Å². The molecule has 2 amide bonds. The van der Waals surface area contributed by atoms with Crippen LogP contribution in [0.1, 0.15) is 37.0 Å². The number of hydrogen-bond acceptors (Lipinski definition) is 4. The molecule has 2 rings (SSSR count). The lowest BCUT2D eigenvalue weighted by atomic mass is 10.0. The highest BCUT2D eigenvalue weighted by atomic mass is 19.4. The van der Waals surface area contributed by atoms with Crippen molar-refractivity contribution in [2.45, 2.75) is 45.1 Å². The average Bonchev–Trinajstić information content (AvgIpc) is 3.08. The summed E-state index contributed by atoms with van der Waals surface area (Å²) in [4.78, 5) is 37.8. The Balaban J connectivity index is 2.10. The summed E-state index contributed by atoms with van der Waals surface area (Å²) < 4.78 is 40.4. The van der Waals surface area contributed by atoms with E-state index in [1.54, 1.807) is 13.8 Å². The largest absolute Gasteiger partial charge is 0.573 e. The zero-order valence-electron chi connectivity index (χ0n) is 15.3. The number of benzene rings is 1. The molecule has 0 radical (unpaired) electrons. The molecule has 0 spiro atoms. The van der Waals surface area contributed by atoms with Crippen molar-refractivity contribution in [3.05, 3.63) is 29.8 Å². The van der Waals surface area contributed by atoms with Gasteiger partial charge in [-0.05, 0) is 43.0 Å². The van der Waals surface area contributed by atoms with Gasteiger partial charge in [-0.1, -0.05) is 13.8 Å². The second-order valence-corrected chi connectivity index (χ2v) is 6.80. The van der Waals surface area contributed by atoms with Crippen LogP contribution in [0.2, 0.25) is 0 Å². The van der Waals surface area contributed by atoms with Crippen LogP contribution in [0.3, 0.4) is 0 Å². The molecule has 0 saturated carbocycles. The van der Waals surface area contributed by atoms with Gasteiger partial charge in [0, 0.05) is 12.1 Å². The number of alkyl halides is 3. The fourth-order valence-corrected chi connectivity index (χ4v) is 3.01. The Bertz CT molecular complexity index is 734. The molecule has 1 fully saturated rings. The molecule has 0 unspecified atom stereocenters. The third-order valence-electron chi connectivity index (χ3n) is 4.39. The molecule has 1 aromatic rings. The fraction of sp³-hybridized carbons (Fsp3) is 0.500. The van der Waals surface area contributed by atoms with Gasteiger partial charge in [0.15, 0.2) is 0 Å². The Morgan fingerprint density at radius 3 is 2.32 bits per heavy atom. The van der Waals surface area contributed by atoms with Crippen molar-refractivity contribution in [2.75, 3.05) is 6.54 Å². The molecular weight excluding hydrogens is 381 g/mol. The molecule has 2 atom stereocenters. The number of carbonyl (C=O) groups is 3. The number of aliphatic carboxylic acids is 1. The van der Waals surface area contributed by atoms with Crippen molar-refractivity contribution in [1.82, 2.24) is 10.2 Å². The lowest BCUT2D eigenvalue weighted by molar-refractivity contribution is -0.274. The minimum Gasteiger partial charge on any atom is -0.480 e. The number of likely N-dealkylation sites (tertiary alicyclic amines) is 1. The third kappa shape index (κ3) is 5.37. The first-order valence-corrected chi connectivity index (χ1v) is 8.69. The summed E-state index contributed by atoms with van der Waals surface area (Å²) in [6, 6.07) is 2.40. The van der Waals surface area contributed by atoms with Crippen molar-refractivity contribution in [1.29, 1.82) is 0 Å². The average molecular weight is 402 g/mol. The van der Waals surface area contributed by atoms with Crippen molar-refractivity contribution in [3.8, 4) is 5.75 Å². The number of carboxylic acid groups (broad SMARTS) is 1. The number of halogens is 3. The molecule has 0 aromatic heterocycles. The van der Waals surface area contributed by atoms with Crippen LogP contribution >= 0.6 is 0 Å². The van der Waals surface area contributed by atoms with Crippen molar-refractivity contribution in [2.24, 2.45) is 5.92 Å². The Morgan fingerprint density at radius 1 is 1.21 bits per heavy atom. The second kappa shape index (κ2) is 8.49. The molecule has 2 N–H and O–H groups in total. The maximum Gasteiger partial charge on any atom is 0.573 e. The molecule has 10 heteroatoms. The van der Waals surface area contributed by atoms with Crippen molar-refractivity contribution >= 4 is 17.8 Å². The zero-order valence-corrected chi connectivity index (χ0v) is 15.3. The summed E-state index contributed by atoms with van der Waals surface area (Å²) in [7, 11) is 0. The van der Waals surface area contributed by atoms with E-state index in [1.165, 1.54) is 4.90 Å². The van der Waals surface area contributed by atoms with E-state index in [9.17, 15) is 32.7 Å². The molecule has 7 nitrogen and oxygen atoms in total. The number of amides is 2. The summed E-state index contributed by atoms with van der Waals surface area (Å²) >= 11 is 0. The summed E-state index contributed by atoms with van der Waals surface area (Å²) in [5.41, 5.74) is 0.0455. The lowest BCUT2D eigenvalue weighted by Crippen LogP contribution is -2.53. The highest BCUT2D eigenvalue weighted by Crippen LogP contribution is 2.23. The van der Waals surface area contributed by atoms with Crippen LogP contribution in [0.15, 0.2) is 24.3 Å². The standard InChI is InChI=1S/C18H21F3N2O5/c1-10(2)14(16(25)23-9-3-4-13(23)17(26)27)22-15(24)11-5-7-12(8-6-11)28-18(19,20)21/h5-8,10,13-14H,3-4,9H2,1-2H3,(H,22,24)(H,26,27)/t13-,14-/m0/s1. The van der Waals surface area contributed by atoms with Crippen molar-refractivity contribution < 1.29 is 37.4 Å². The predicted octanol–water partition coefficient (Wildman–Crippen LogP) is 2.42. The number of hydrogen-bond donors (Lipinski definition) is 2. The Hall–Kier alpha value is -2.78. The first-order valence-electron chi connectivity index (χ1n) is 8.69. The molecular formula is C18H21F3N2O5. The van der Waals surface area contributed by atoms with Gasteiger partial charge in [-0.2, -0.15) is 0 Å². The highest BCUT2D eigenvalue weighted by molar-refractivity contribution is 5.98. The van der Waals surface area contributed by atoms with Gasteiger partial charge < -0.3 is 20.1 Å². The Labute approximate surface area is 159 Å². The number of nitrogens with one attached hydrogen (secondary N) is 1. The minimum absolute atomic E-state index is 0.0455. The van der Waals surface area contributed by atoms with Crippen LogP contribution in [0.4, 0.5) is 13.2 Å². The van der Waals surface area contributed by atoms with E-state index in [0.717, 1.165) is 24.3 Å². The summed E-state index contributed by atoms with van der Waals surface area (Å²) in [5, 5.41) is 11.8. The normalized spacial score (nSPS) is 18.1. The van der Waals surface area contributed by atoms with Gasteiger partial charge in [0.2, 0.25) is 5.91 Å². The number of carbonyl (C=O) groups excluding carboxylic acids is 2. The van der Waals surface area contributed by atoms with Crippen LogP contribution < -0.4 is 10.1 Å². The van der Waals surface area contributed by atoms with Crippen LogP contribution in [0.5, 0.6) is 5.75 Å². The number of rotatable bonds is 6. The SMILES string of the molecule is CC(C)[C@H](NC(=O)c1ccc(OC(F)(F)F)cc1)C(=O)N1CCC[C@H]1C(=O)O. The van der Waals surface area contributed by atoms with Gasteiger partial charge in [0.25, 0.3) is 5.91 Å². The van der Waals surface area contributed by atoms with E-state index in [4.69, 9.17) is 0 Å². The summed E-state index contributed by atoms with van der Waals surface area (Å²) in [6.07, 6.45) is -3.93. The van der Waals surface area contributed by atoms with Gasteiger partial charge in [-0.15, -0.1) is 13.2 Å². The first-order chi connectivity index (χ1) is 13.0. The van der Waals surface area contributed by atoms with Crippen LogP contribution in [0.25, 0.3) is 0 Å². The summed E-state index contributed by atoms with van der Waals surface area (Å²) in [5.74, 6) is -3.04. The predicted molar refractivity (Wildman–Crippen MR) is 91.6 cm³/mol. The topological polar surface area (TPSA) is 95.9 Å². The van der Waals surface area contributed by atoms with Crippen LogP contribution in [-0.4, -0.2) is 52.8 Å². The molecule has 0 aliphatic carbocycles. The molecule has 1 aliphatic rings. The fourth-order valence-electron chi connectivity index (χ4n) is 3.01. The van der Waals surface area contributed by atoms with E-state index in [0.29, 0.717) is 19.4 Å². The first kappa shape index (κ1) is 21.5. The Kier molecular flexibility index (Phi) is 6.52. The maximum atomic E-state index is 12.8. The molecule has 1 saturated heterocycles. The van der Waals surface area contributed by atoms with Gasteiger partial charge in [0.05, 0.1) is 0 Å². The monoisotopic (exact) mass is 402 g/mol. The van der Waals surface area contributed by atoms with E-state index in [1.807, 2.05) is 0 Å². The molecule has 28 heavy (non-hydrogen) atoms. The van der Waals surface area contributed by atoms with Gasteiger partial charge >= 0.3 is 12.3 Å². The molecule has 1 aromatic carbocycles. The van der Waals surface area contributed by atoms with E-state index < -0.39 is 42.0 Å².